The summed E-state index contributed by atoms with van der Waals surface area (Å²) in [7, 11) is 0. The molecule has 0 atom stereocenters. The number of nitrogen functional groups attached to an aromatic ring is 1. The van der Waals surface area contributed by atoms with E-state index in [0.717, 1.165) is 18.8 Å². The lowest BCUT2D eigenvalue weighted by atomic mass is 10.0. The number of carbonyl (C=O) groups excluding carboxylic acids is 1. The molecule has 1 heterocycles. The molecule has 138 valence electrons. The summed E-state index contributed by atoms with van der Waals surface area (Å²) in [6.45, 7) is 6.12. The first kappa shape index (κ1) is 18.2. The minimum absolute atomic E-state index is 0.186. The maximum absolute atomic E-state index is 12.3. The molecular formula is C20H26N4O2. The third-order valence-electron chi connectivity index (χ3n) is 4.29. The molecule has 1 amide bonds. The van der Waals surface area contributed by atoms with E-state index in [0.29, 0.717) is 29.5 Å². The van der Waals surface area contributed by atoms with Crippen LogP contribution >= 0.6 is 0 Å². The molecule has 6 nitrogen and oxygen atoms in total. The van der Waals surface area contributed by atoms with Gasteiger partial charge in [-0.3, -0.25) is 9.69 Å². The summed E-state index contributed by atoms with van der Waals surface area (Å²) in [6, 6.07) is 15.0. The van der Waals surface area contributed by atoms with Crippen LogP contribution in [0.5, 0.6) is 0 Å². The van der Waals surface area contributed by atoms with E-state index in [-0.39, 0.29) is 5.91 Å². The van der Waals surface area contributed by atoms with Gasteiger partial charge < -0.3 is 21.5 Å². The number of nitrogens with two attached hydrogens (primary N) is 1. The molecule has 0 radical (unpaired) electrons. The molecular weight excluding hydrogens is 328 g/mol. The van der Waals surface area contributed by atoms with E-state index in [1.54, 1.807) is 24.3 Å². The van der Waals surface area contributed by atoms with E-state index in [2.05, 4.69) is 15.5 Å². The summed E-state index contributed by atoms with van der Waals surface area (Å²) in [4.78, 5) is 14.5. The zero-order valence-electron chi connectivity index (χ0n) is 15.2. The number of anilines is 3. The van der Waals surface area contributed by atoms with Crippen LogP contribution in [0.2, 0.25) is 0 Å². The van der Waals surface area contributed by atoms with Crippen molar-refractivity contribution < 1.29 is 9.90 Å². The number of para-hydroxylation sites is 2. The Morgan fingerprint density at radius 2 is 1.85 bits per heavy atom. The van der Waals surface area contributed by atoms with Gasteiger partial charge in [-0.25, -0.2) is 0 Å². The molecule has 0 saturated carbocycles. The molecule has 0 unspecified atom stereocenters. The minimum atomic E-state index is -0.665. The van der Waals surface area contributed by atoms with Crippen LogP contribution in [-0.4, -0.2) is 47.2 Å². The average Bonchev–Trinajstić information content (AvgIpc) is 2.54. The zero-order valence-corrected chi connectivity index (χ0v) is 15.2. The lowest BCUT2D eigenvalue weighted by molar-refractivity contribution is 0.0113. The van der Waals surface area contributed by atoms with Crippen molar-refractivity contribution in [3.8, 4) is 0 Å². The molecule has 0 bridgehead atoms. The molecule has 0 aliphatic carbocycles. The number of benzene rings is 2. The van der Waals surface area contributed by atoms with Crippen molar-refractivity contribution in [3.05, 3.63) is 54.1 Å². The number of aliphatic hydroxyl groups is 1. The molecule has 1 aliphatic heterocycles. The predicted octanol–water partition coefficient (Wildman–Crippen LogP) is 2.39. The first-order valence-corrected chi connectivity index (χ1v) is 8.77. The van der Waals surface area contributed by atoms with Gasteiger partial charge in [-0.05, 0) is 50.2 Å². The molecule has 26 heavy (non-hydrogen) atoms. The Hall–Kier alpha value is -2.57. The van der Waals surface area contributed by atoms with E-state index in [1.165, 1.54) is 0 Å². The molecule has 2 aromatic carbocycles. The van der Waals surface area contributed by atoms with Gasteiger partial charge in [0.1, 0.15) is 0 Å². The number of likely N-dealkylation sites (tertiary alicyclic amines) is 1. The molecule has 6 heteroatoms. The highest BCUT2D eigenvalue weighted by atomic mass is 16.3. The van der Waals surface area contributed by atoms with Crippen molar-refractivity contribution in [2.24, 2.45) is 0 Å². The van der Waals surface area contributed by atoms with Gasteiger partial charge in [-0.2, -0.15) is 0 Å². The van der Waals surface area contributed by atoms with Crippen LogP contribution in [0.15, 0.2) is 48.5 Å². The molecule has 1 aliphatic rings. The van der Waals surface area contributed by atoms with Crippen LogP contribution in [0.1, 0.15) is 24.2 Å². The zero-order chi connectivity index (χ0) is 18.7. The van der Waals surface area contributed by atoms with Crippen molar-refractivity contribution in [1.82, 2.24) is 4.90 Å². The van der Waals surface area contributed by atoms with Crippen molar-refractivity contribution >= 4 is 23.0 Å². The van der Waals surface area contributed by atoms with Gasteiger partial charge in [0.2, 0.25) is 0 Å². The normalized spacial score (nSPS) is 15.3. The van der Waals surface area contributed by atoms with Gasteiger partial charge in [0.05, 0.1) is 23.0 Å². The van der Waals surface area contributed by atoms with Crippen LogP contribution in [0.4, 0.5) is 17.1 Å². The SMILES string of the molecule is CC(C)(O)CN1CC(Nc2ccc(C(=O)Nc3ccccc3N)cc2)C1. The van der Waals surface area contributed by atoms with Gasteiger partial charge in [0.25, 0.3) is 5.91 Å². The van der Waals surface area contributed by atoms with E-state index in [9.17, 15) is 9.90 Å². The second-order valence-electron chi connectivity index (χ2n) is 7.47. The summed E-state index contributed by atoms with van der Waals surface area (Å²) < 4.78 is 0. The predicted molar refractivity (Wildman–Crippen MR) is 105 cm³/mol. The summed E-state index contributed by atoms with van der Waals surface area (Å²) in [5.41, 5.74) is 7.90. The van der Waals surface area contributed by atoms with Crippen LogP contribution < -0.4 is 16.4 Å². The fourth-order valence-electron chi connectivity index (χ4n) is 3.10. The summed E-state index contributed by atoms with van der Waals surface area (Å²) in [5, 5.41) is 16.1. The van der Waals surface area contributed by atoms with Crippen molar-refractivity contribution in [2.75, 3.05) is 36.0 Å². The smallest absolute Gasteiger partial charge is 0.255 e. The van der Waals surface area contributed by atoms with E-state index >= 15 is 0 Å². The highest BCUT2D eigenvalue weighted by Crippen LogP contribution is 2.20. The number of hydrogen-bond donors (Lipinski definition) is 4. The maximum Gasteiger partial charge on any atom is 0.255 e. The molecule has 1 fully saturated rings. The first-order chi connectivity index (χ1) is 12.3. The van der Waals surface area contributed by atoms with Gasteiger partial charge in [-0.15, -0.1) is 0 Å². The molecule has 0 spiro atoms. The lowest BCUT2D eigenvalue weighted by Crippen LogP contribution is -2.58. The minimum Gasteiger partial charge on any atom is -0.397 e. The first-order valence-electron chi connectivity index (χ1n) is 8.77. The Morgan fingerprint density at radius 1 is 1.19 bits per heavy atom. The molecule has 3 rings (SSSR count). The Bertz CT molecular complexity index is 762. The van der Waals surface area contributed by atoms with E-state index in [4.69, 9.17) is 5.73 Å². The third kappa shape index (κ3) is 4.74. The number of hydrogen-bond acceptors (Lipinski definition) is 5. The Kier molecular flexibility index (Phi) is 5.15. The van der Waals surface area contributed by atoms with Crippen LogP contribution in [0.3, 0.4) is 0 Å². The van der Waals surface area contributed by atoms with E-state index < -0.39 is 5.60 Å². The number of β-amino-alcohol motifs (C(OH)–C–C–N with tert-alkyl or cyclic N) is 1. The average molecular weight is 354 g/mol. The Balaban J connectivity index is 1.51. The van der Waals surface area contributed by atoms with Crippen LogP contribution in [0, 0.1) is 0 Å². The highest BCUT2D eigenvalue weighted by Gasteiger charge is 2.30. The molecule has 2 aromatic rings. The fourth-order valence-corrected chi connectivity index (χ4v) is 3.10. The van der Waals surface area contributed by atoms with Crippen LogP contribution in [-0.2, 0) is 0 Å². The maximum atomic E-state index is 12.3. The van der Waals surface area contributed by atoms with Crippen molar-refractivity contribution in [3.63, 3.8) is 0 Å². The summed E-state index contributed by atoms with van der Waals surface area (Å²) in [6.07, 6.45) is 0. The van der Waals surface area contributed by atoms with E-state index in [1.807, 2.05) is 38.1 Å². The number of nitrogens with one attached hydrogen (secondary N) is 2. The third-order valence-corrected chi connectivity index (χ3v) is 4.29. The number of nitrogens with zero attached hydrogens (tertiary/aromatic N) is 1. The fraction of sp³-hybridized carbons (Fsp3) is 0.350. The second-order valence-corrected chi connectivity index (χ2v) is 7.47. The van der Waals surface area contributed by atoms with Crippen LogP contribution in [0.25, 0.3) is 0 Å². The van der Waals surface area contributed by atoms with Crippen molar-refractivity contribution in [2.45, 2.75) is 25.5 Å². The van der Waals surface area contributed by atoms with Gasteiger partial charge in [0.15, 0.2) is 0 Å². The second kappa shape index (κ2) is 7.35. The number of rotatable bonds is 6. The number of amides is 1. The Morgan fingerprint density at radius 3 is 2.46 bits per heavy atom. The number of carbonyl (C=O) groups is 1. The lowest BCUT2D eigenvalue weighted by Gasteiger charge is -2.42. The quantitative estimate of drug-likeness (QED) is 0.598. The van der Waals surface area contributed by atoms with Gasteiger partial charge >= 0.3 is 0 Å². The Labute approximate surface area is 154 Å². The monoisotopic (exact) mass is 354 g/mol. The highest BCUT2D eigenvalue weighted by molar-refractivity contribution is 6.05. The molecule has 1 saturated heterocycles. The van der Waals surface area contributed by atoms with Gasteiger partial charge in [-0.1, -0.05) is 12.1 Å². The standard InChI is InChI=1S/C20H26N4O2/c1-20(2,26)13-24-11-16(12-24)22-15-9-7-14(8-10-15)19(25)23-18-6-4-3-5-17(18)21/h3-10,16,22,26H,11-13,21H2,1-2H3,(H,23,25). The largest absolute Gasteiger partial charge is 0.397 e. The van der Waals surface area contributed by atoms with Crippen molar-refractivity contribution in [1.29, 1.82) is 0 Å². The van der Waals surface area contributed by atoms with Gasteiger partial charge in [0, 0.05) is 30.9 Å². The summed E-state index contributed by atoms with van der Waals surface area (Å²) >= 11 is 0. The summed E-state index contributed by atoms with van der Waals surface area (Å²) in [5.74, 6) is -0.186. The molecule has 5 N–H and O–H groups in total. The topological polar surface area (TPSA) is 90.6 Å². The molecule has 0 aromatic heterocycles.